The molecule has 1 aromatic carbocycles. The molecule has 19 heavy (non-hydrogen) atoms. The van der Waals surface area contributed by atoms with Gasteiger partial charge in [0.1, 0.15) is 0 Å². The first-order valence-electron chi connectivity index (χ1n) is 7.55. The maximum Gasteiger partial charge on any atom is 0.0507 e. The van der Waals surface area contributed by atoms with Gasteiger partial charge in [-0.05, 0) is 42.7 Å². The second-order valence-corrected chi connectivity index (χ2v) is 6.20. The van der Waals surface area contributed by atoms with Gasteiger partial charge in [0.15, 0.2) is 0 Å². The zero-order valence-corrected chi connectivity index (χ0v) is 12.5. The van der Waals surface area contributed by atoms with Crippen molar-refractivity contribution in [3.05, 3.63) is 35.4 Å². The van der Waals surface area contributed by atoms with Gasteiger partial charge in [-0.15, -0.1) is 0 Å². The monoisotopic (exact) mass is 261 g/mol. The lowest BCUT2D eigenvalue weighted by Gasteiger charge is -2.17. The molecule has 2 unspecified atom stereocenters. The summed E-state index contributed by atoms with van der Waals surface area (Å²) < 4.78 is 5.41. The number of hydrogen-bond donors (Lipinski definition) is 1. The lowest BCUT2D eigenvalue weighted by Crippen LogP contribution is -2.26. The third kappa shape index (κ3) is 4.63. The predicted octanol–water partition coefficient (Wildman–Crippen LogP) is 3.57. The number of benzene rings is 1. The van der Waals surface area contributed by atoms with E-state index in [1.165, 1.54) is 24.0 Å². The summed E-state index contributed by atoms with van der Waals surface area (Å²) in [7, 11) is 0. The number of nitrogens with one attached hydrogen (secondary N) is 1. The van der Waals surface area contributed by atoms with Crippen molar-refractivity contribution in [3.63, 3.8) is 0 Å². The molecule has 1 heterocycles. The van der Waals surface area contributed by atoms with Gasteiger partial charge in [0.2, 0.25) is 0 Å². The zero-order valence-electron chi connectivity index (χ0n) is 12.5. The Morgan fingerprint density at radius 3 is 2.53 bits per heavy atom. The molecule has 0 bridgehead atoms. The molecule has 2 rings (SSSR count). The van der Waals surface area contributed by atoms with Crippen LogP contribution in [0.2, 0.25) is 0 Å². The molecule has 0 amide bonds. The van der Waals surface area contributed by atoms with E-state index in [4.69, 9.17) is 4.74 Å². The Balaban J connectivity index is 1.82. The van der Waals surface area contributed by atoms with Gasteiger partial charge in [-0.3, -0.25) is 0 Å². The molecule has 2 nitrogen and oxygen atoms in total. The van der Waals surface area contributed by atoms with Crippen LogP contribution in [0.3, 0.4) is 0 Å². The first-order valence-corrected chi connectivity index (χ1v) is 7.55. The maximum absolute atomic E-state index is 5.41. The highest BCUT2D eigenvalue weighted by atomic mass is 16.5. The van der Waals surface area contributed by atoms with Crippen LogP contribution in [0.15, 0.2) is 24.3 Å². The standard InChI is InChI=1S/C17H27NO/c1-13(2)10-15-4-6-17(7-5-15)14(3)18-11-16-8-9-19-12-16/h4-7,13-14,16,18H,8-12H2,1-3H3. The van der Waals surface area contributed by atoms with Crippen molar-refractivity contribution < 1.29 is 4.74 Å². The normalized spacial score (nSPS) is 20.9. The highest BCUT2D eigenvalue weighted by Gasteiger charge is 2.16. The van der Waals surface area contributed by atoms with Gasteiger partial charge < -0.3 is 10.1 Å². The van der Waals surface area contributed by atoms with Gasteiger partial charge in [0.05, 0.1) is 6.61 Å². The fourth-order valence-electron chi connectivity index (χ4n) is 2.62. The molecule has 1 fully saturated rings. The minimum Gasteiger partial charge on any atom is -0.381 e. The number of ether oxygens (including phenoxy) is 1. The molecule has 0 aromatic heterocycles. The minimum absolute atomic E-state index is 0.425. The van der Waals surface area contributed by atoms with Crippen molar-refractivity contribution in [2.75, 3.05) is 19.8 Å². The quantitative estimate of drug-likeness (QED) is 0.845. The molecule has 0 radical (unpaired) electrons. The Kier molecular flexibility index (Phi) is 5.41. The van der Waals surface area contributed by atoms with Crippen molar-refractivity contribution >= 4 is 0 Å². The Labute approximate surface area is 117 Å². The van der Waals surface area contributed by atoms with Crippen LogP contribution in [0.5, 0.6) is 0 Å². The zero-order chi connectivity index (χ0) is 13.7. The molecule has 106 valence electrons. The van der Waals surface area contributed by atoms with E-state index in [9.17, 15) is 0 Å². The van der Waals surface area contributed by atoms with Crippen LogP contribution in [-0.4, -0.2) is 19.8 Å². The van der Waals surface area contributed by atoms with Crippen molar-refractivity contribution in [2.24, 2.45) is 11.8 Å². The van der Waals surface area contributed by atoms with Gasteiger partial charge in [-0.2, -0.15) is 0 Å². The van der Waals surface area contributed by atoms with Crippen LogP contribution in [0, 0.1) is 11.8 Å². The fraction of sp³-hybridized carbons (Fsp3) is 0.647. The average molecular weight is 261 g/mol. The summed E-state index contributed by atoms with van der Waals surface area (Å²) in [4.78, 5) is 0. The first-order chi connectivity index (χ1) is 9.15. The van der Waals surface area contributed by atoms with Crippen molar-refractivity contribution in [1.82, 2.24) is 5.32 Å². The first kappa shape index (κ1) is 14.5. The van der Waals surface area contributed by atoms with E-state index in [0.29, 0.717) is 12.0 Å². The van der Waals surface area contributed by atoms with Gasteiger partial charge in [-0.1, -0.05) is 38.1 Å². The average Bonchev–Trinajstić information content (AvgIpc) is 2.89. The molecule has 1 aliphatic rings. The molecule has 2 heteroatoms. The molecule has 0 aliphatic carbocycles. The molecule has 2 atom stereocenters. The van der Waals surface area contributed by atoms with Crippen LogP contribution in [0.4, 0.5) is 0 Å². The molecule has 1 aliphatic heterocycles. The smallest absolute Gasteiger partial charge is 0.0507 e. The SMILES string of the molecule is CC(C)Cc1ccc(C(C)NCC2CCOC2)cc1. The van der Waals surface area contributed by atoms with Crippen molar-refractivity contribution in [2.45, 2.75) is 39.7 Å². The fourth-order valence-corrected chi connectivity index (χ4v) is 2.62. The van der Waals surface area contributed by atoms with Crippen LogP contribution in [0.25, 0.3) is 0 Å². The van der Waals surface area contributed by atoms with E-state index in [2.05, 4.69) is 50.4 Å². The summed E-state index contributed by atoms with van der Waals surface area (Å²) in [6, 6.07) is 9.49. The summed E-state index contributed by atoms with van der Waals surface area (Å²) in [5.74, 6) is 1.42. The molecular weight excluding hydrogens is 234 g/mol. The van der Waals surface area contributed by atoms with Crippen molar-refractivity contribution in [1.29, 1.82) is 0 Å². The molecule has 1 N–H and O–H groups in total. The van der Waals surface area contributed by atoms with E-state index in [0.717, 1.165) is 25.7 Å². The summed E-state index contributed by atoms with van der Waals surface area (Å²) >= 11 is 0. The Morgan fingerprint density at radius 2 is 1.95 bits per heavy atom. The maximum atomic E-state index is 5.41. The van der Waals surface area contributed by atoms with Crippen LogP contribution in [-0.2, 0) is 11.2 Å². The Morgan fingerprint density at radius 1 is 1.21 bits per heavy atom. The topological polar surface area (TPSA) is 21.3 Å². The van der Waals surface area contributed by atoms with Gasteiger partial charge in [-0.25, -0.2) is 0 Å². The summed E-state index contributed by atoms with van der Waals surface area (Å²) in [5, 5.41) is 3.62. The van der Waals surface area contributed by atoms with Gasteiger partial charge in [0, 0.05) is 19.2 Å². The third-order valence-electron chi connectivity index (χ3n) is 3.86. The molecule has 1 saturated heterocycles. The highest BCUT2D eigenvalue weighted by Crippen LogP contribution is 2.17. The largest absolute Gasteiger partial charge is 0.381 e. The van der Waals surface area contributed by atoms with E-state index in [1.807, 2.05) is 0 Å². The number of rotatable bonds is 6. The molecule has 1 aromatic rings. The third-order valence-corrected chi connectivity index (χ3v) is 3.86. The molecule has 0 spiro atoms. The lowest BCUT2D eigenvalue weighted by molar-refractivity contribution is 0.184. The minimum atomic E-state index is 0.425. The lowest BCUT2D eigenvalue weighted by atomic mass is 9.99. The van der Waals surface area contributed by atoms with E-state index < -0.39 is 0 Å². The predicted molar refractivity (Wildman–Crippen MR) is 80.3 cm³/mol. The van der Waals surface area contributed by atoms with Crippen LogP contribution in [0.1, 0.15) is 44.4 Å². The van der Waals surface area contributed by atoms with E-state index in [-0.39, 0.29) is 0 Å². The van der Waals surface area contributed by atoms with Gasteiger partial charge >= 0.3 is 0 Å². The van der Waals surface area contributed by atoms with E-state index >= 15 is 0 Å². The van der Waals surface area contributed by atoms with Crippen LogP contribution < -0.4 is 5.32 Å². The van der Waals surface area contributed by atoms with Crippen molar-refractivity contribution in [3.8, 4) is 0 Å². The summed E-state index contributed by atoms with van der Waals surface area (Å²) in [6.07, 6.45) is 2.37. The molecular formula is C17H27NO. The summed E-state index contributed by atoms with van der Waals surface area (Å²) in [5.41, 5.74) is 2.82. The van der Waals surface area contributed by atoms with E-state index in [1.54, 1.807) is 0 Å². The molecule has 0 saturated carbocycles. The summed E-state index contributed by atoms with van der Waals surface area (Å²) in [6.45, 7) is 9.70. The van der Waals surface area contributed by atoms with Crippen LogP contribution >= 0.6 is 0 Å². The number of hydrogen-bond acceptors (Lipinski definition) is 2. The Bertz CT molecular complexity index is 365. The van der Waals surface area contributed by atoms with Gasteiger partial charge in [0.25, 0.3) is 0 Å². The highest BCUT2D eigenvalue weighted by molar-refractivity contribution is 5.25. The Hall–Kier alpha value is -0.860. The second kappa shape index (κ2) is 7.06. The second-order valence-electron chi connectivity index (χ2n) is 6.20.